The van der Waals surface area contributed by atoms with Crippen LogP contribution in [-0.4, -0.2) is 16.3 Å². The zero-order valence-corrected chi connectivity index (χ0v) is 19.1. The molecule has 0 radical (unpaired) electrons. The number of rotatable bonds is 5. The SMILES string of the molecule is CC(NC1CCC1)c1ccc([S@@](N)(=O)=NC(=O)Nc2c3c(cc4c2CC4)CCC3)c(F)c1. The van der Waals surface area contributed by atoms with Crippen molar-refractivity contribution in [1.29, 1.82) is 0 Å². The van der Waals surface area contributed by atoms with E-state index in [1.165, 1.54) is 29.7 Å². The first kappa shape index (κ1) is 21.6. The van der Waals surface area contributed by atoms with Crippen molar-refractivity contribution in [1.82, 2.24) is 5.32 Å². The van der Waals surface area contributed by atoms with Crippen LogP contribution in [0.25, 0.3) is 0 Å². The van der Waals surface area contributed by atoms with Gasteiger partial charge in [-0.2, -0.15) is 0 Å². The fraction of sp³-hybridized carbons (Fsp3) is 0.458. The fourth-order valence-corrected chi connectivity index (χ4v) is 5.94. The van der Waals surface area contributed by atoms with Crippen LogP contribution in [-0.2, 0) is 35.6 Å². The van der Waals surface area contributed by atoms with Gasteiger partial charge < -0.3 is 10.6 Å². The molecule has 8 heteroatoms. The Labute approximate surface area is 188 Å². The number of urea groups is 1. The Morgan fingerprint density at radius 2 is 1.88 bits per heavy atom. The van der Waals surface area contributed by atoms with E-state index in [0.717, 1.165) is 67.3 Å². The summed E-state index contributed by atoms with van der Waals surface area (Å²) >= 11 is 0. The zero-order valence-electron chi connectivity index (χ0n) is 18.2. The number of hydrogen-bond donors (Lipinski definition) is 3. The highest BCUT2D eigenvalue weighted by Crippen LogP contribution is 2.39. The van der Waals surface area contributed by atoms with E-state index in [4.69, 9.17) is 5.14 Å². The van der Waals surface area contributed by atoms with Gasteiger partial charge >= 0.3 is 6.03 Å². The summed E-state index contributed by atoms with van der Waals surface area (Å²) in [7, 11) is -3.72. The molecule has 32 heavy (non-hydrogen) atoms. The molecule has 4 N–H and O–H groups in total. The van der Waals surface area contributed by atoms with Gasteiger partial charge in [0.2, 0.25) is 0 Å². The van der Waals surface area contributed by atoms with E-state index in [-0.39, 0.29) is 10.9 Å². The second kappa shape index (κ2) is 8.24. The Morgan fingerprint density at radius 3 is 2.53 bits per heavy atom. The number of benzene rings is 2. The predicted molar refractivity (Wildman–Crippen MR) is 124 cm³/mol. The largest absolute Gasteiger partial charge is 0.354 e. The number of nitrogens with one attached hydrogen (secondary N) is 2. The van der Waals surface area contributed by atoms with Crippen LogP contribution in [0.1, 0.15) is 66.5 Å². The highest BCUT2D eigenvalue weighted by molar-refractivity contribution is 7.91. The Morgan fingerprint density at radius 1 is 1.12 bits per heavy atom. The number of anilines is 1. The van der Waals surface area contributed by atoms with Gasteiger partial charge in [-0.05, 0) is 91.8 Å². The molecule has 0 bridgehead atoms. The maximum Gasteiger partial charge on any atom is 0.354 e. The smallest absolute Gasteiger partial charge is 0.307 e. The minimum absolute atomic E-state index is 0.0313. The fourth-order valence-electron chi connectivity index (χ4n) is 4.94. The molecule has 0 spiro atoms. The highest BCUT2D eigenvalue weighted by Gasteiger charge is 2.27. The van der Waals surface area contributed by atoms with Crippen LogP contribution in [0, 0.1) is 5.82 Å². The molecule has 0 heterocycles. The normalized spacial score (nSPS) is 19.7. The van der Waals surface area contributed by atoms with E-state index in [1.54, 1.807) is 6.07 Å². The Balaban J connectivity index is 1.37. The summed E-state index contributed by atoms with van der Waals surface area (Å²) in [6.45, 7) is 1.97. The third kappa shape index (κ3) is 3.95. The van der Waals surface area contributed by atoms with E-state index in [0.29, 0.717) is 6.04 Å². The monoisotopic (exact) mass is 456 g/mol. The first-order valence-corrected chi connectivity index (χ1v) is 13.0. The van der Waals surface area contributed by atoms with E-state index >= 15 is 0 Å². The molecule has 2 amide bonds. The molecule has 2 aromatic rings. The van der Waals surface area contributed by atoms with Crippen molar-refractivity contribution >= 4 is 21.6 Å². The van der Waals surface area contributed by atoms with Crippen LogP contribution < -0.4 is 15.8 Å². The first-order chi connectivity index (χ1) is 15.3. The molecule has 1 saturated carbocycles. The molecular weight excluding hydrogens is 427 g/mol. The molecule has 0 aromatic heterocycles. The van der Waals surface area contributed by atoms with Gasteiger partial charge in [-0.1, -0.05) is 18.6 Å². The minimum Gasteiger partial charge on any atom is -0.307 e. The predicted octanol–water partition coefficient (Wildman–Crippen LogP) is 4.55. The quantitative estimate of drug-likeness (QED) is 0.616. The number of carbonyl (C=O) groups is 1. The van der Waals surface area contributed by atoms with Gasteiger partial charge in [-0.3, -0.25) is 0 Å². The van der Waals surface area contributed by atoms with Crippen molar-refractivity contribution in [3.8, 4) is 0 Å². The van der Waals surface area contributed by atoms with Gasteiger partial charge in [0.15, 0.2) is 0 Å². The van der Waals surface area contributed by atoms with E-state index in [2.05, 4.69) is 21.1 Å². The molecule has 170 valence electrons. The molecule has 2 atom stereocenters. The van der Waals surface area contributed by atoms with Crippen molar-refractivity contribution in [2.75, 3.05) is 5.32 Å². The topological polar surface area (TPSA) is 96.6 Å². The van der Waals surface area contributed by atoms with Gasteiger partial charge in [-0.15, -0.1) is 4.36 Å². The molecular formula is C24H29FN4O2S. The van der Waals surface area contributed by atoms with Crippen molar-refractivity contribution in [2.45, 2.75) is 75.3 Å². The Hall–Kier alpha value is -2.29. The molecule has 3 aliphatic rings. The van der Waals surface area contributed by atoms with Gasteiger partial charge in [-0.25, -0.2) is 18.5 Å². The molecule has 1 unspecified atom stereocenters. The minimum atomic E-state index is -3.72. The number of amides is 2. The maximum absolute atomic E-state index is 14.8. The van der Waals surface area contributed by atoms with Gasteiger partial charge in [0, 0.05) is 17.8 Å². The average Bonchev–Trinajstić information content (AvgIpc) is 3.14. The van der Waals surface area contributed by atoms with Crippen LogP contribution in [0.4, 0.5) is 14.9 Å². The van der Waals surface area contributed by atoms with Crippen molar-refractivity contribution in [3.63, 3.8) is 0 Å². The number of nitrogens with zero attached hydrogens (tertiary/aromatic N) is 1. The lowest BCUT2D eigenvalue weighted by Crippen LogP contribution is -2.36. The molecule has 6 nitrogen and oxygen atoms in total. The summed E-state index contributed by atoms with van der Waals surface area (Å²) in [5.41, 5.74) is 6.31. The lowest BCUT2D eigenvalue weighted by Gasteiger charge is -2.30. The van der Waals surface area contributed by atoms with Crippen molar-refractivity contribution < 1.29 is 13.4 Å². The second-order valence-corrected chi connectivity index (χ2v) is 10.9. The number of carbonyl (C=O) groups excluding carboxylic acids is 1. The summed E-state index contributed by atoms with van der Waals surface area (Å²) in [6.07, 6.45) is 8.33. The van der Waals surface area contributed by atoms with Crippen LogP contribution in [0.5, 0.6) is 0 Å². The molecule has 5 rings (SSSR count). The molecule has 1 fully saturated rings. The first-order valence-electron chi connectivity index (χ1n) is 11.4. The van der Waals surface area contributed by atoms with E-state index in [1.807, 2.05) is 6.92 Å². The van der Waals surface area contributed by atoms with Crippen LogP contribution in [0.15, 0.2) is 33.5 Å². The standard InChI is InChI=1S/C24H29FN4O2S/c1-14(27-18-5-3-6-18)15-9-11-22(21(25)13-15)32(26,31)29-24(30)28-23-19-7-2-4-16(19)12-17-8-10-20(17)23/h9,11-14,18,27H,2-8,10H2,1H3,(H3,26,28,29,30,31)/t14?,32-/m0/s1. The van der Waals surface area contributed by atoms with Gasteiger partial charge in [0.1, 0.15) is 15.7 Å². The van der Waals surface area contributed by atoms with Gasteiger partial charge in [0.25, 0.3) is 0 Å². The number of aryl methyl sites for hydroxylation is 2. The number of nitrogens with two attached hydrogens (primary N) is 1. The van der Waals surface area contributed by atoms with E-state index < -0.39 is 21.8 Å². The second-order valence-electron chi connectivity index (χ2n) is 9.18. The van der Waals surface area contributed by atoms with E-state index in [9.17, 15) is 13.4 Å². The summed E-state index contributed by atoms with van der Waals surface area (Å²) in [5, 5.41) is 12.1. The van der Waals surface area contributed by atoms with Crippen LogP contribution >= 0.6 is 0 Å². The number of hydrogen-bond acceptors (Lipinski definition) is 3. The summed E-state index contributed by atoms with van der Waals surface area (Å²) in [6, 6.07) is 6.28. The molecule has 0 saturated heterocycles. The van der Waals surface area contributed by atoms with Gasteiger partial charge in [0.05, 0.1) is 4.90 Å². The third-order valence-corrected chi connectivity index (χ3v) is 8.46. The van der Waals surface area contributed by atoms with Crippen LogP contribution in [0.2, 0.25) is 0 Å². The number of halogens is 1. The summed E-state index contributed by atoms with van der Waals surface area (Å²) in [5.74, 6) is -0.710. The van der Waals surface area contributed by atoms with Crippen molar-refractivity contribution in [3.05, 3.63) is 57.9 Å². The van der Waals surface area contributed by atoms with Crippen molar-refractivity contribution in [2.24, 2.45) is 9.50 Å². The maximum atomic E-state index is 14.8. The summed E-state index contributed by atoms with van der Waals surface area (Å²) < 4.78 is 31.6. The lowest BCUT2D eigenvalue weighted by molar-refractivity contribution is 0.260. The molecule has 2 aromatic carbocycles. The highest BCUT2D eigenvalue weighted by atomic mass is 32.2. The molecule has 0 aliphatic heterocycles. The van der Waals surface area contributed by atoms with Crippen LogP contribution in [0.3, 0.4) is 0 Å². The Kier molecular flexibility index (Phi) is 5.55. The third-order valence-electron chi connectivity index (χ3n) is 7.06. The average molecular weight is 457 g/mol. The molecule has 3 aliphatic carbocycles. The zero-order chi connectivity index (χ0) is 22.5. The number of fused-ring (bicyclic) bond motifs is 2. The lowest BCUT2D eigenvalue weighted by atomic mass is 9.83. The Bertz CT molecular complexity index is 1210. The summed E-state index contributed by atoms with van der Waals surface area (Å²) in [4.78, 5) is 12.4.